The average molecular weight is 298 g/mol. The minimum absolute atomic E-state index is 0.133. The van der Waals surface area contributed by atoms with E-state index in [2.05, 4.69) is 21.2 Å². The molecule has 1 aromatic carbocycles. The van der Waals surface area contributed by atoms with Crippen LogP contribution in [0, 0.1) is 12.7 Å². The highest BCUT2D eigenvalue weighted by atomic mass is 79.9. The molecule has 0 aliphatic rings. The Bertz CT molecular complexity index is 524. The summed E-state index contributed by atoms with van der Waals surface area (Å²) < 4.78 is 19.5. The van der Waals surface area contributed by atoms with Crippen molar-refractivity contribution in [1.29, 1.82) is 0 Å². The fourth-order valence-electron chi connectivity index (χ4n) is 1.77. The summed E-state index contributed by atoms with van der Waals surface area (Å²) in [5, 5.41) is 3.12. The first-order chi connectivity index (χ1) is 8.11. The van der Waals surface area contributed by atoms with E-state index in [0.717, 1.165) is 17.1 Å². The Hall–Kier alpha value is -1.13. The predicted molar refractivity (Wildman–Crippen MR) is 68.4 cm³/mol. The van der Waals surface area contributed by atoms with Crippen LogP contribution in [-0.4, -0.2) is 7.05 Å². The molecule has 0 radical (unpaired) electrons. The van der Waals surface area contributed by atoms with Crippen molar-refractivity contribution in [3.63, 3.8) is 0 Å². The van der Waals surface area contributed by atoms with Crippen molar-refractivity contribution in [3.8, 4) is 0 Å². The lowest BCUT2D eigenvalue weighted by Crippen LogP contribution is -2.17. The van der Waals surface area contributed by atoms with Crippen LogP contribution in [0.25, 0.3) is 0 Å². The van der Waals surface area contributed by atoms with E-state index in [1.54, 1.807) is 6.07 Å². The van der Waals surface area contributed by atoms with E-state index < -0.39 is 0 Å². The summed E-state index contributed by atoms with van der Waals surface area (Å²) in [6.07, 6.45) is 0. The molecule has 2 aromatic rings. The van der Waals surface area contributed by atoms with Crippen LogP contribution in [0.4, 0.5) is 4.39 Å². The lowest BCUT2D eigenvalue weighted by molar-refractivity contribution is 0.443. The molecule has 2 rings (SSSR count). The molecule has 2 nitrogen and oxygen atoms in total. The van der Waals surface area contributed by atoms with Crippen LogP contribution in [0.15, 0.2) is 39.2 Å². The van der Waals surface area contributed by atoms with Gasteiger partial charge in [0, 0.05) is 0 Å². The Morgan fingerprint density at radius 1 is 1.29 bits per heavy atom. The van der Waals surface area contributed by atoms with Crippen molar-refractivity contribution >= 4 is 15.9 Å². The molecule has 17 heavy (non-hydrogen) atoms. The van der Waals surface area contributed by atoms with Crippen LogP contribution in [-0.2, 0) is 0 Å². The lowest BCUT2D eigenvalue weighted by Gasteiger charge is -2.14. The molecule has 0 bridgehead atoms. The normalized spacial score (nSPS) is 12.7. The standard InChI is InChI=1S/C13H13BrFNO/c1-8-3-6-12(17-8)13(16-2)9-4-5-10(14)11(15)7-9/h3-7,13,16H,1-2H3. The third-order valence-corrected chi connectivity index (χ3v) is 3.25. The van der Waals surface area contributed by atoms with Crippen LogP contribution >= 0.6 is 15.9 Å². The molecule has 0 aliphatic heterocycles. The quantitative estimate of drug-likeness (QED) is 0.932. The molecule has 0 fully saturated rings. The Morgan fingerprint density at radius 3 is 2.59 bits per heavy atom. The molecule has 1 heterocycles. The van der Waals surface area contributed by atoms with E-state index in [1.165, 1.54) is 6.07 Å². The second-order valence-electron chi connectivity index (χ2n) is 3.84. The first-order valence-corrected chi connectivity index (χ1v) is 6.09. The van der Waals surface area contributed by atoms with Gasteiger partial charge in [-0.15, -0.1) is 0 Å². The van der Waals surface area contributed by atoms with Crippen molar-refractivity contribution in [2.45, 2.75) is 13.0 Å². The highest BCUT2D eigenvalue weighted by molar-refractivity contribution is 9.10. The van der Waals surface area contributed by atoms with Gasteiger partial charge in [-0.1, -0.05) is 6.07 Å². The first-order valence-electron chi connectivity index (χ1n) is 5.30. The van der Waals surface area contributed by atoms with Gasteiger partial charge in [-0.2, -0.15) is 0 Å². The molecule has 1 unspecified atom stereocenters. The molecular formula is C13H13BrFNO. The molecule has 1 atom stereocenters. The number of rotatable bonds is 3. The SMILES string of the molecule is CNC(c1ccc(Br)c(F)c1)c1ccc(C)o1. The summed E-state index contributed by atoms with van der Waals surface area (Å²) in [4.78, 5) is 0. The summed E-state index contributed by atoms with van der Waals surface area (Å²) in [5.74, 6) is 1.36. The van der Waals surface area contributed by atoms with Crippen LogP contribution in [0.2, 0.25) is 0 Å². The number of furan rings is 1. The first kappa shape index (κ1) is 12.3. The summed E-state index contributed by atoms with van der Waals surface area (Å²) in [5.41, 5.74) is 0.836. The molecular weight excluding hydrogens is 285 g/mol. The molecule has 0 saturated carbocycles. The number of halogens is 2. The minimum Gasteiger partial charge on any atom is -0.464 e. The summed E-state index contributed by atoms with van der Waals surface area (Å²) in [6, 6.07) is 8.73. The van der Waals surface area contributed by atoms with Gasteiger partial charge < -0.3 is 9.73 Å². The molecule has 1 N–H and O–H groups in total. The van der Waals surface area contributed by atoms with Gasteiger partial charge in [0.2, 0.25) is 0 Å². The van der Waals surface area contributed by atoms with Crippen molar-refractivity contribution in [3.05, 3.63) is 57.7 Å². The number of aryl methyl sites for hydroxylation is 1. The van der Waals surface area contributed by atoms with Crippen LogP contribution in [0.5, 0.6) is 0 Å². The third-order valence-electron chi connectivity index (χ3n) is 2.61. The molecule has 0 aliphatic carbocycles. The zero-order chi connectivity index (χ0) is 12.4. The topological polar surface area (TPSA) is 25.2 Å². The number of nitrogens with one attached hydrogen (secondary N) is 1. The predicted octanol–water partition coefficient (Wildman–Crippen LogP) is 3.80. The fraction of sp³-hybridized carbons (Fsp3) is 0.231. The molecule has 90 valence electrons. The van der Waals surface area contributed by atoms with Crippen molar-refractivity contribution in [2.24, 2.45) is 0 Å². The molecule has 0 amide bonds. The van der Waals surface area contributed by atoms with Crippen molar-refractivity contribution < 1.29 is 8.81 Å². The fourth-order valence-corrected chi connectivity index (χ4v) is 2.02. The molecule has 1 aromatic heterocycles. The van der Waals surface area contributed by atoms with Gasteiger partial charge >= 0.3 is 0 Å². The number of hydrogen-bond acceptors (Lipinski definition) is 2. The largest absolute Gasteiger partial charge is 0.464 e. The number of benzene rings is 1. The Labute approximate surface area is 108 Å². The Morgan fingerprint density at radius 2 is 2.06 bits per heavy atom. The van der Waals surface area contributed by atoms with Crippen molar-refractivity contribution in [1.82, 2.24) is 5.32 Å². The van der Waals surface area contributed by atoms with Gasteiger partial charge in [-0.05, 0) is 59.7 Å². The maximum atomic E-state index is 13.5. The van der Waals surface area contributed by atoms with Gasteiger partial charge in [0.1, 0.15) is 17.3 Å². The van der Waals surface area contributed by atoms with E-state index in [-0.39, 0.29) is 11.9 Å². The smallest absolute Gasteiger partial charge is 0.137 e. The second-order valence-corrected chi connectivity index (χ2v) is 4.70. The average Bonchev–Trinajstić information content (AvgIpc) is 2.71. The van der Waals surface area contributed by atoms with E-state index in [1.807, 2.05) is 32.2 Å². The summed E-state index contributed by atoms with van der Waals surface area (Å²) in [6.45, 7) is 1.89. The second kappa shape index (κ2) is 5.02. The van der Waals surface area contributed by atoms with Gasteiger partial charge in [-0.3, -0.25) is 0 Å². The zero-order valence-electron chi connectivity index (χ0n) is 9.63. The molecule has 0 saturated heterocycles. The molecule has 0 spiro atoms. The van der Waals surface area contributed by atoms with E-state index in [9.17, 15) is 4.39 Å². The monoisotopic (exact) mass is 297 g/mol. The van der Waals surface area contributed by atoms with Crippen LogP contribution < -0.4 is 5.32 Å². The third kappa shape index (κ3) is 2.58. The van der Waals surface area contributed by atoms with Crippen LogP contribution in [0.3, 0.4) is 0 Å². The Balaban J connectivity index is 2.38. The highest BCUT2D eigenvalue weighted by Crippen LogP contribution is 2.26. The van der Waals surface area contributed by atoms with Gasteiger partial charge in [0.05, 0.1) is 10.5 Å². The maximum Gasteiger partial charge on any atom is 0.137 e. The lowest BCUT2D eigenvalue weighted by atomic mass is 10.0. The van der Waals surface area contributed by atoms with Gasteiger partial charge in [-0.25, -0.2) is 4.39 Å². The van der Waals surface area contributed by atoms with Crippen molar-refractivity contribution in [2.75, 3.05) is 7.05 Å². The zero-order valence-corrected chi connectivity index (χ0v) is 11.2. The van der Waals surface area contributed by atoms with E-state index >= 15 is 0 Å². The maximum absolute atomic E-state index is 13.5. The van der Waals surface area contributed by atoms with E-state index in [0.29, 0.717) is 4.47 Å². The Kier molecular flexibility index (Phi) is 3.64. The number of hydrogen-bond donors (Lipinski definition) is 1. The van der Waals surface area contributed by atoms with Crippen LogP contribution in [0.1, 0.15) is 23.1 Å². The van der Waals surface area contributed by atoms with Gasteiger partial charge in [0.15, 0.2) is 0 Å². The summed E-state index contributed by atoms with van der Waals surface area (Å²) >= 11 is 3.14. The minimum atomic E-state index is -0.272. The van der Waals surface area contributed by atoms with Gasteiger partial charge in [0.25, 0.3) is 0 Å². The van der Waals surface area contributed by atoms with E-state index in [4.69, 9.17) is 4.42 Å². The summed E-state index contributed by atoms with van der Waals surface area (Å²) in [7, 11) is 1.82. The molecule has 4 heteroatoms. The highest BCUT2D eigenvalue weighted by Gasteiger charge is 2.16.